The summed E-state index contributed by atoms with van der Waals surface area (Å²) >= 11 is 0. The smallest absolute Gasteiger partial charge is 0.408 e. The summed E-state index contributed by atoms with van der Waals surface area (Å²) < 4.78 is 54.5. The predicted molar refractivity (Wildman–Crippen MR) is 214 cm³/mol. The van der Waals surface area contributed by atoms with Crippen molar-refractivity contribution in [1.82, 2.24) is 25.1 Å². The molecule has 16 heteroatoms. The first kappa shape index (κ1) is 45.7. The number of Topliss-reactive ketones (excluding diaryl/α,β-unsaturated/α-hetero) is 1. The summed E-state index contributed by atoms with van der Waals surface area (Å²) in [6.07, 6.45) is 2.39. The number of anilines is 1. The molecule has 3 aromatic carbocycles. The highest BCUT2D eigenvalue weighted by Gasteiger charge is 2.36. The van der Waals surface area contributed by atoms with Gasteiger partial charge in [0.05, 0.1) is 19.5 Å². The van der Waals surface area contributed by atoms with Gasteiger partial charge in [0.25, 0.3) is 5.91 Å². The first-order valence-electron chi connectivity index (χ1n) is 18.7. The van der Waals surface area contributed by atoms with Crippen molar-refractivity contribution in [3.8, 4) is 0 Å². The Morgan fingerprint density at radius 1 is 0.881 bits per heavy atom. The molecular formula is C43H51F3N6O7. The molecule has 13 nitrogen and oxygen atoms in total. The summed E-state index contributed by atoms with van der Waals surface area (Å²) in [5.41, 5.74) is -1.07. The fraction of sp³-hybridized carbons (Fsp3) is 0.395. The van der Waals surface area contributed by atoms with E-state index in [1.165, 1.54) is 66.2 Å². The van der Waals surface area contributed by atoms with Crippen LogP contribution in [0.4, 0.5) is 23.8 Å². The maximum atomic E-state index is 14.6. The number of carbonyl (C=O) groups excluding carboxylic acids is 5. The Morgan fingerprint density at radius 2 is 1.54 bits per heavy atom. The van der Waals surface area contributed by atoms with E-state index in [0.29, 0.717) is 18.4 Å². The number of halogens is 3. The summed E-state index contributed by atoms with van der Waals surface area (Å²) in [6.45, 7) is 8.08. The molecule has 0 spiro atoms. The summed E-state index contributed by atoms with van der Waals surface area (Å²) in [4.78, 5) is 72.8. The number of hydrogen-bond donors (Lipinski definition) is 3. The Hall–Kier alpha value is -6.03. The number of alkyl carbamates (subject to hydrolysis) is 1. The minimum absolute atomic E-state index is 0. The summed E-state index contributed by atoms with van der Waals surface area (Å²) in [5.74, 6) is -5.32. The monoisotopic (exact) mass is 820 g/mol. The zero-order chi connectivity index (χ0) is 42.2. The molecule has 1 unspecified atom stereocenters. The molecule has 0 bridgehead atoms. The Morgan fingerprint density at radius 3 is 2.17 bits per heavy atom. The number of ketones is 1. The number of nitrogens with zero attached hydrogens (tertiary/aromatic N) is 3. The number of carbonyl (C=O) groups is 5. The number of nitrogens with one attached hydrogen (secondary N) is 3. The van der Waals surface area contributed by atoms with Crippen molar-refractivity contribution in [2.24, 2.45) is 5.92 Å². The number of benzene rings is 3. The molecule has 59 heavy (non-hydrogen) atoms. The quantitative estimate of drug-likeness (QED) is 0.120. The first-order valence-corrected chi connectivity index (χ1v) is 18.7. The van der Waals surface area contributed by atoms with Crippen LogP contribution in [0.1, 0.15) is 82.4 Å². The second-order valence-electron chi connectivity index (χ2n) is 15.5. The van der Waals surface area contributed by atoms with E-state index in [1.807, 2.05) is 30.3 Å². The van der Waals surface area contributed by atoms with E-state index < -0.39 is 70.4 Å². The lowest BCUT2D eigenvalue weighted by atomic mass is 9.88. The average Bonchev–Trinajstić information content (AvgIpc) is 3.62. The Balaban J connectivity index is 0.00000769. The van der Waals surface area contributed by atoms with Crippen LogP contribution in [0, 0.1) is 23.4 Å². The number of piperidine rings is 1. The van der Waals surface area contributed by atoms with E-state index in [2.05, 4.69) is 20.9 Å². The van der Waals surface area contributed by atoms with E-state index in [1.54, 1.807) is 20.8 Å². The number of rotatable bonds is 14. The molecular weight excluding hydrogens is 770 g/mol. The second kappa shape index (κ2) is 19.6. The fourth-order valence-corrected chi connectivity index (χ4v) is 6.27. The van der Waals surface area contributed by atoms with Crippen LogP contribution >= 0.6 is 0 Å². The van der Waals surface area contributed by atoms with Gasteiger partial charge in [0.15, 0.2) is 23.2 Å². The highest BCUT2D eigenvalue weighted by atomic mass is 19.2. The lowest BCUT2D eigenvalue weighted by Crippen LogP contribution is -2.59. The topological polar surface area (TPSA) is 161 Å². The standard InChI is InChI=1S/C42H47F3N6O7.CH4/c1-41(2,3)58-40(56)49-42(4,5)39(55)47-33(24-57-23-26-9-7-6-8-10-26)37(53)48-34-22-51(25-46-34)35(29-13-16-31(44)32(45)21-29)38(54)50-19-17-28(18-20-50)36(52)27-11-14-30(43)15-12-27;/h6-16,21-22,25,28,33,35H,17-20,23-24H2,1-5H3,(H,47,55)(H,48,53)(H,49,56);1H4/t33-,35?;/m1./s1. The van der Waals surface area contributed by atoms with Gasteiger partial charge in [0, 0.05) is 30.8 Å². The van der Waals surface area contributed by atoms with E-state index in [4.69, 9.17) is 9.47 Å². The number of ether oxygens (including phenoxy) is 2. The predicted octanol–water partition coefficient (Wildman–Crippen LogP) is 6.59. The molecule has 0 saturated carbocycles. The van der Waals surface area contributed by atoms with Crippen LogP contribution in [0.25, 0.3) is 0 Å². The number of imidazole rings is 1. The zero-order valence-electron chi connectivity index (χ0n) is 32.9. The summed E-state index contributed by atoms with van der Waals surface area (Å²) in [5, 5.41) is 7.75. The van der Waals surface area contributed by atoms with Crippen molar-refractivity contribution in [2.45, 2.75) is 84.7 Å². The summed E-state index contributed by atoms with van der Waals surface area (Å²) in [7, 11) is 0. The molecule has 0 radical (unpaired) electrons. The minimum Gasteiger partial charge on any atom is -0.444 e. The van der Waals surface area contributed by atoms with Gasteiger partial charge >= 0.3 is 6.09 Å². The number of amides is 4. The fourth-order valence-electron chi connectivity index (χ4n) is 6.27. The third-order valence-electron chi connectivity index (χ3n) is 9.35. The van der Waals surface area contributed by atoms with E-state index >= 15 is 0 Å². The molecule has 2 atom stereocenters. The van der Waals surface area contributed by atoms with Crippen molar-refractivity contribution < 1.29 is 46.6 Å². The molecule has 4 amide bonds. The number of likely N-dealkylation sites (tertiary alicyclic amines) is 1. The molecule has 2 heterocycles. The number of hydrogen-bond acceptors (Lipinski definition) is 8. The lowest BCUT2D eigenvalue weighted by Gasteiger charge is -2.34. The Bertz CT molecular complexity index is 2100. The highest BCUT2D eigenvalue weighted by Crippen LogP contribution is 2.28. The van der Waals surface area contributed by atoms with Gasteiger partial charge in [-0.1, -0.05) is 43.8 Å². The SMILES string of the molecule is C.CC(C)(C)OC(=O)NC(C)(C)C(=O)N[C@H](COCc1ccccc1)C(=O)Nc1cn(C(C(=O)N2CCC(C(=O)c3ccc(F)cc3)CC2)c2ccc(F)c(F)c2)cn1. The summed E-state index contributed by atoms with van der Waals surface area (Å²) in [6, 6.07) is 14.9. The third-order valence-corrected chi connectivity index (χ3v) is 9.35. The Labute approximate surface area is 341 Å². The third kappa shape index (κ3) is 12.5. The molecule has 1 aliphatic heterocycles. The molecule has 5 rings (SSSR count). The van der Waals surface area contributed by atoms with Gasteiger partial charge in [0.2, 0.25) is 11.8 Å². The number of aromatic nitrogens is 2. The van der Waals surface area contributed by atoms with E-state index in [-0.39, 0.29) is 50.9 Å². The van der Waals surface area contributed by atoms with Gasteiger partial charge in [-0.3, -0.25) is 19.2 Å². The van der Waals surface area contributed by atoms with Gasteiger partial charge in [-0.2, -0.15) is 0 Å². The molecule has 316 valence electrons. The van der Waals surface area contributed by atoms with Crippen LogP contribution in [-0.2, 0) is 30.5 Å². The largest absolute Gasteiger partial charge is 0.444 e. The van der Waals surface area contributed by atoms with Crippen molar-refractivity contribution in [3.05, 3.63) is 119 Å². The van der Waals surface area contributed by atoms with Crippen molar-refractivity contribution in [3.63, 3.8) is 0 Å². The molecule has 0 aliphatic carbocycles. The first-order chi connectivity index (χ1) is 27.4. The normalized spacial score (nSPS) is 14.3. The molecule has 1 saturated heterocycles. The van der Waals surface area contributed by atoms with Crippen LogP contribution in [0.5, 0.6) is 0 Å². The van der Waals surface area contributed by atoms with Crippen molar-refractivity contribution in [2.75, 3.05) is 25.0 Å². The van der Waals surface area contributed by atoms with Crippen LogP contribution in [0.2, 0.25) is 0 Å². The zero-order valence-corrected chi connectivity index (χ0v) is 32.9. The van der Waals surface area contributed by atoms with Gasteiger partial charge in [0.1, 0.15) is 29.0 Å². The van der Waals surface area contributed by atoms with Crippen LogP contribution in [0.15, 0.2) is 85.3 Å². The molecule has 1 aromatic heterocycles. The minimum atomic E-state index is -1.53. The van der Waals surface area contributed by atoms with Crippen molar-refractivity contribution >= 4 is 35.4 Å². The average molecular weight is 821 g/mol. The molecule has 1 aliphatic rings. The maximum Gasteiger partial charge on any atom is 0.408 e. The highest BCUT2D eigenvalue weighted by molar-refractivity contribution is 5.99. The van der Waals surface area contributed by atoms with Crippen LogP contribution in [-0.4, -0.2) is 80.9 Å². The van der Waals surface area contributed by atoms with E-state index in [9.17, 15) is 37.1 Å². The van der Waals surface area contributed by atoms with Crippen LogP contribution in [0.3, 0.4) is 0 Å². The van der Waals surface area contributed by atoms with Crippen LogP contribution < -0.4 is 16.0 Å². The van der Waals surface area contributed by atoms with Gasteiger partial charge in [-0.25, -0.2) is 22.9 Å². The van der Waals surface area contributed by atoms with Gasteiger partial charge in [-0.05, 0) is 95.0 Å². The molecule has 4 aromatic rings. The second-order valence-corrected chi connectivity index (χ2v) is 15.5. The van der Waals surface area contributed by atoms with Gasteiger partial charge in [-0.15, -0.1) is 0 Å². The Kier molecular flexibility index (Phi) is 15.2. The molecule has 1 fully saturated rings. The van der Waals surface area contributed by atoms with Gasteiger partial charge < -0.3 is 34.9 Å². The maximum absolute atomic E-state index is 14.6. The molecule has 3 N–H and O–H groups in total. The lowest BCUT2D eigenvalue weighted by molar-refractivity contribution is -0.134. The van der Waals surface area contributed by atoms with Crippen molar-refractivity contribution in [1.29, 1.82) is 0 Å². The van der Waals surface area contributed by atoms with E-state index in [0.717, 1.165) is 17.7 Å².